The summed E-state index contributed by atoms with van der Waals surface area (Å²) >= 11 is 5.91. The van der Waals surface area contributed by atoms with Gasteiger partial charge in [0.25, 0.3) is 0 Å². The van der Waals surface area contributed by atoms with Gasteiger partial charge in [0.1, 0.15) is 0 Å². The second kappa shape index (κ2) is 15.5. The average molecular weight is 466 g/mol. The van der Waals surface area contributed by atoms with Gasteiger partial charge in [-0.2, -0.15) is 0 Å². The molecule has 0 aromatic heterocycles. The van der Waals surface area contributed by atoms with Gasteiger partial charge in [0.15, 0.2) is 0 Å². The van der Waals surface area contributed by atoms with E-state index in [0.29, 0.717) is 11.1 Å². The molecular weight excluding hydrogens is 422 g/mol. The largest absolute Gasteiger partial charge is 0.378 e. The standard InChI is InChI=1S/C26H44ClN3O2/c1-4-5-8-19-29(2)20-9-6-7-10-21-32-25-17-15-24(16-18-25)30(3)26(31)28-23-13-11-22(27)12-14-23/h11-14,24-25H,4-10,15-21H2,1-3H3,(H,28,31)/t24-,25-. The lowest BCUT2D eigenvalue weighted by Crippen LogP contribution is -2.42. The molecule has 1 aromatic rings. The number of nitrogens with zero attached hydrogens (tertiary/aromatic N) is 2. The van der Waals surface area contributed by atoms with Crippen LogP contribution in [-0.4, -0.2) is 61.8 Å². The zero-order valence-corrected chi connectivity index (χ0v) is 21.2. The molecule has 0 bridgehead atoms. The molecule has 1 N–H and O–H groups in total. The molecule has 1 fully saturated rings. The number of rotatable bonds is 14. The molecule has 182 valence electrons. The van der Waals surface area contributed by atoms with Crippen LogP contribution in [0.1, 0.15) is 77.6 Å². The lowest BCUT2D eigenvalue weighted by atomic mass is 9.92. The fourth-order valence-corrected chi connectivity index (χ4v) is 4.47. The van der Waals surface area contributed by atoms with Gasteiger partial charge in [-0.3, -0.25) is 0 Å². The third-order valence-electron chi connectivity index (χ3n) is 6.54. The van der Waals surface area contributed by atoms with Crippen molar-refractivity contribution in [1.29, 1.82) is 0 Å². The number of amides is 2. The van der Waals surface area contributed by atoms with Crippen LogP contribution in [0, 0.1) is 0 Å². The van der Waals surface area contributed by atoms with Gasteiger partial charge in [0, 0.05) is 30.4 Å². The van der Waals surface area contributed by atoms with Gasteiger partial charge in [-0.1, -0.05) is 44.2 Å². The summed E-state index contributed by atoms with van der Waals surface area (Å²) in [6.07, 6.45) is 13.4. The Bertz CT molecular complexity index is 632. The number of halogens is 1. The van der Waals surface area contributed by atoms with Crippen LogP contribution in [0.2, 0.25) is 5.02 Å². The summed E-state index contributed by atoms with van der Waals surface area (Å²) in [5.41, 5.74) is 0.770. The molecule has 6 heteroatoms. The van der Waals surface area contributed by atoms with Crippen molar-refractivity contribution >= 4 is 23.3 Å². The first-order valence-corrected chi connectivity index (χ1v) is 13.0. The molecule has 0 atom stereocenters. The molecule has 5 nitrogen and oxygen atoms in total. The highest BCUT2D eigenvalue weighted by molar-refractivity contribution is 6.30. The fraction of sp³-hybridized carbons (Fsp3) is 0.731. The van der Waals surface area contributed by atoms with Crippen molar-refractivity contribution in [3.05, 3.63) is 29.3 Å². The summed E-state index contributed by atoms with van der Waals surface area (Å²) in [6, 6.07) is 7.43. The first kappa shape index (κ1) is 26.9. The van der Waals surface area contributed by atoms with E-state index in [1.807, 2.05) is 24.1 Å². The van der Waals surface area contributed by atoms with E-state index in [1.165, 1.54) is 51.6 Å². The fourth-order valence-electron chi connectivity index (χ4n) is 4.34. The number of carbonyl (C=O) groups excluding carboxylic acids is 1. The Morgan fingerprint density at radius 2 is 1.59 bits per heavy atom. The summed E-state index contributed by atoms with van der Waals surface area (Å²) in [5, 5.41) is 3.62. The van der Waals surface area contributed by atoms with Crippen molar-refractivity contribution in [2.45, 2.75) is 89.7 Å². The number of hydrogen-bond acceptors (Lipinski definition) is 3. The molecule has 2 amide bonds. The quantitative estimate of drug-likeness (QED) is 0.307. The minimum atomic E-state index is -0.0623. The van der Waals surface area contributed by atoms with Crippen molar-refractivity contribution in [2.24, 2.45) is 0 Å². The molecule has 1 aromatic carbocycles. The summed E-state index contributed by atoms with van der Waals surface area (Å²) in [7, 11) is 4.13. The number of hydrogen-bond donors (Lipinski definition) is 1. The second-order valence-electron chi connectivity index (χ2n) is 9.27. The van der Waals surface area contributed by atoms with E-state index in [2.05, 4.69) is 24.2 Å². The van der Waals surface area contributed by atoms with E-state index in [0.717, 1.165) is 44.4 Å². The molecule has 1 aliphatic rings. The highest BCUT2D eigenvalue weighted by Gasteiger charge is 2.27. The number of benzene rings is 1. The molecule has 0 heterocycles. The third kappa shape index (κ3) is 10.5. The Morgan fingerprint density at radius 3 is 2.25 bits per heavy atom. The zero-order valence-electron chi connectivity index (χ0n) is 20.5. The third-order valence-corrected chi connectivity index (χ3v) is 6.79. The number of nitrogens with one attached hydrogen (secondary N) is 1. The number of urea groups is 1. The predicted molar refractivity (Wildman–Crippen MR) is 136 cm³/mol. The van der Waals surface area contributed by atoms with Crippen molar-refractivity contribution in [1.82, 2.24) is 9.80 Å². The molecule has 2 rings (SSSR count). The molecule has 0 aliphatic heterocycles. The highest BCUT2D eigenvalue weighted by atomic mass is 35.5. The van der Waals surface area contributed by atoms with Gasteiger partial charge in [-0.25, -0.2) is 4.79 Å². The molecule has 1 aliphatic carbocycles. The molecule has 0 spiro atoms. The minimum absolute atomic E-state index is 0.0623. The molecule has 32 heavy (non-hydrogen) atoms. The van der Waals surface area contributed by atoms with Crippen LogP contribution in [-0.2, 0) is 4.74 Å². The lowest BCUT2D eigenvalue weighted by molar-refractivity contribution is 0.0130. The predicted octanol–water partition coefficient (Wildman–Crippen LogP) is 6.81. The summed E-state index contributed by atoms with van der Waals surface area (Å²) < 4.78 is 6.13. The molecule has 0 radical (unpaired) electrons. The first-order chi connectivity index (χ1) is 15.5. The SMILES string of the molecule is CCCCCN(C)CCCCCCO[C@H]1CC[C@H](N(C)C(=O)Nc2ccc(Cl)cc2)CC1. The Morgan fingerprint density at radius 1 is 0.969 bits per heavy atom. The number of anilines is 1. The molecular formula is C26H44ClN3O2. The first-order valence-electron chi connectivity index (χ1n) is 12.6. The van der Waals surface area contributed by atoms with Gasteiger partial charge in [0.2, 0.25) is 0 Å². The maximum Gasteiger partial charge on any atom is 0.321 e. The second-order valence-corrected chi connectivity index (χ2v) is 9.71. The van der Waals surface area contributed by atoms with E-state index in [4.69, 9.17) is 16.3 Å². The number of ether oxygens (including phenoxy) is 1. The Hall–Kier alpha value is -1.30. The van der Waals surface area contributed by atoms with Gasteiger partial charge in [-0.05, 0) is 89.3 Å². The summed E-state index contributed by atoms with van der Waals surface area (Å²) in [4.78, 5) is 16.8. The smallest absolute Gasteiger partial charge is 0.321 e. The van der Waals surface area contributed by atoms with Crippen LogP contribution in [0.25, 0.3) is 0 Å². The van der Waals surface area contributed by atoms with E-state index < -0.39 is 0 Å². The normalized spacial score (nSPS) is 18.7. The zero-order chi connectivity index (χ0) is 23.2. The Labute approximate surface area is 200 Å². The van der Waals surface area contributed by atoms with Crippen LogP contribution in [0.4, 0.5) is 10.5 Å². The van der Waals surface area contributed by atoms with Crippen LogP contribution < -0.4 is 5.32 Å². The maximum atomic E-state index is 12.5. The molecule has 0 saturated heterocycles. The van der Waals surface area contributed by atoms with E-state index in [9.17, 15) is 4.79 Å². The summed E-state index contributed by atoms with van der Waals surface area (Å²) in [5.74, 6) is 0. The van der Waals surface area contributed by atoms with Gasteiger partial charge >= 0.3 is 6.03 Å². The van der Waals surface area contributed by atoms with Gasteiger partial charge in [-0.15, -0.1) is 0 Å². The molecule has 1 saturated carbocycles. The van der Waals surface area contributed by atoms with Crippen LogP contribution in [0.5, 0.6) is 0 Å². The van der Waals surface area contributed by atoms with Crippen LogP contribution >= 0.6 is 11.6 Å². The van der Waals surface area contributed by atoms with Crippen molar-refractivity contribution < 1.29 is 9.53 Å². The monoisotopic (exact) mass is 465 g/mol. The molecule has 0 unspecified atom stereocenters. The number of unbranched alkanes of at least 4 members (excludes halogenated alkanes) is 5. The Kier molecular flexibility index (Phi) is 13.1. The van der Waals surface area contributed by atoms with Crippen LogP contribution in [0.15, 0.2) is 24.3 Å². The lowest BCUT2D eigenvalue weighted by Gasteiger charge is -2.34. The highest BCUT2D eigenvalue weighted by Crippen LogP contribution is 2.25. The van der Waals surface area contributed by atoms with E-state index in [-0.39, 0.29) is 12.1 Å². The summed E-state index contributed by atoms with van der Waals surface area (Å²) in [6.45, 7) is 5.58. The Balaban J connectivity index is 1.50. The van der Waals surface area contributed by atoms with Crippen molar-refractivity contribution in [3.8, 4) is 0 Å². The average Bonchev–Trinajstić information content (AvgIpc) is 2.80. The maximum absolute atomic E-state index is 12.5. The minimum Gasteiger partial charge on any atom is -0.378 e. The van der Waals surface area contributed by atoms with Gasteiger partial charge < -0.3 is 19.9 Å². The van der Waals surface area contributed by atoms with Crippen molar-refractivity contribution in [3.63, 3.8) is 0 Å². The van der Waals surface area contributed by atoms with E-state index in [1.54, 1.807) is 12.1 Å². The van der Waals surface area contributed by atoms with Crippen molar-refractivity contribution in [2.75, 3.05) is 39.1 Å². The van der Waals surface area contributed by atoms with Gasteiger partial charge in [0.05, 0.1) is 6.10 Å². The number of carbonyl (C=O) groups is 1. The topological polar surface area (TPSA) is 44.8 Å². The van der Waals surface area contributed by atoms with E-state index >= 15 is 0 Å². The van der Waals surface area contributed by atoms with Crippen LogP contribution in [0.3, 0.4) is 0 Å².